The molecule has 1 aromatic heterocycles. The zero-order chi connectivity index (χ0) is 31.4. The molecule has 0 saturated carbocycles. The lowest BCUT2D eigenvalue weighted by Crippen LogP contribution is -2.21. The van der Waals surface area contributed by atoms with Crippen LogP contribution in [0, 0.1) is 28.4 Å². The summed E-state index contributed by atoms with van der Waals surface area (Å²) < 4.78 is 12.8. The second kappa shape index (κ2) is 12.6. The zero-order valence-electron chi connectivity index (χ0n) is 24.6. The van der Waals surface area contributed by atoms with Crippen molar-refractivity contribution in [1.82, 2.24) is 9.66 Å². The van der Waals surface area contributed by atoms with E-state index in [-0.39, 0.29) is 29.5 Å². The molecule has 0 unspecified atom stereocenters. The van der Waals surface area contributed by atoms with Gasteiger partial charge in [-0.1, -0.05) is 50.2 Å². The third kappa shape index (κ3) is 5.76. The summed E-state index contributed by atoms with van der Waals surface area (Å²) >= 11 is 0. The lowest BCUT2D eigenvalue weighted by atomic mass is 9.96. The first-order chi connectivity index (χ1) is 21.2. The van der Waals surface area contributed by atoms with Crippen LogP contribution in [0.25, 0.3) is 22.3 Å². The van der Waals surface area contributed by atoms with Gasteiger partial charge in [-0.25, -0.2) is 4.98 Å². The van der Waals surface area contributed by atoms with Gasteiger partial charge in [-0.2, -0.15) is 15.0 Å². The van der Waals surface area contributed by atoms with Crippen molar-refractivity contribution < 1.29 is 14.4 Å². The average molecular weight is 588 g/mol. The molecular formula is C34H29N5O5. The van der Waals surface area contributed by atoms with E-state index in [1.807, 2.05) is 25.1 Å². The third-order valence-corrected chi connectivity index (χ3v) is 7.24. The van der Waals surface area contributed by atoms with Crippen LogP contribution in [0.4, 0.5) is 5.69 Å². The van der Waals surface area contributed by atoms with E-state index in [0.29, 0.717) is 33.4 Å². The first-order valence-electron chi connectivity index (χ1n) is 13.9. The predicted octanol–water partition coefficient (Wildman–Crippen LogP) is 6.75. The van der Waals surface area contributed by atoms with Crippen LogP contribution < -0.4 is 15.0 Å². The van der Waals surface area contributed by atoms with Gasteiger partial charge in [0.2, 0.25) is 5.75 Å². The number of nitro benzene ring substituents is 1. The van der Waals surface area contributed by atoms with E-state index >= 15 is 0 Å². The molecule has 0 saturated heterocycles. The van der Waals surface area contributed by atoms with Crippen LogP contribution in [0.5, 0.6) is 11.5 Å². The maximum absolute atomic E-state index is 13.9. The number of fused-ring (bicyclic) bond motifs is 1. The second-order valence-corrected chi connectivity index (χ2v) is 10.4. The van der Waals surface area contributed by atoms with Crippen LogP contribution in [0.1, 0.15) is 47.6 Å². The molecule has 44 heavy (non-hydrogen) atoms. The molecule has 0 atom stereocenters. The van der Waals surface area contributed by atoms with Gasteiger partial charge in [0.25, 0.3) is 5.56 Å². The molecule has 1 heterocycles. The molecule has 0 amide bonds. The molecule has 10 heteroatoms. The van der Waals surface area contributed by atoms with E-state index in [4.69, 9.17) is 14.5 Å². The largest absolute Gasteiger partial charge is 0.496 e. The molecule has 0 radical (unpaired) electrons. The number of aromatic nitrogens is 2. The summed E-state index contributed by atoms with van der Waals surface area (Å²) in [6.07, 6.45) is 1.35. The van der Waals surface area contributed by atoms with Gasteiger partial charge in [-0.15, -0.1) is 0 Å². The Bertz CT molecular complexity index is 2020. The van der Waals surface area contributed by atoms with E-state index < -0.39 is 10.5 Å². The van der Waals surface area contributed by atoms with Crippen molar-refractivity contribution in [2.75, 3.05) is 7.11 Å². The van der Waals surface area contributed by atoms with Crippen molar-refractivity contribution in [3.8, 4) is 29.0 Å². The van der Waals surface area contributed by atoms with Crippen molar-refractivity contribution >= 4 is 22.8 Å². The second-order valence-electron chi connectivity index (χ2n) is 10.4. The summed E-state index contributed by atoms with van der Waals surface area (Å²) in [5, 5.41) is 26.3. The Morgan fingerprint density at radius 3 is 2.57 bits per heavy atom. The highest BCUT2D eigenvalue weighted by Crippen LogP contribution is 2.35. The maximum Gasteiger partial charge on any atom is 0.311 e. The van der Waals surface area contributed by atoms with Crippen molar-refractivity contribution in [2.45, 2.75) is 33.3 Å². The molecule has 0 aliphatic rings. The van der Waals surface area contributed by atoms with Crippen LogP contribution in [-0.4, -0.2) is 27.9 Å². The first-order valence-corrected chi connectivity index (χ1v) is 13.9. The highest BCUT2D eigenvalue weighted by molar-refractivity contribution is 5.86. The van der Waals surface area contributed by atoms with Crippen LogP contribution >= 0.6 is 0 Å². The molecule has 0 N–H and O–H groups in total. The highest BCUT2D eigenvalue weighted by atomic mass is 16.6. The number of benzene rings is 4. The van der Waals surface area contributed by atoms with Crippen molar-refractivity contribution in [3.05, 3.63) is 127 Å². The van der Waals surface area contributed by atoms with Gasteiger partial charge in [0, 0.05) is 22.8 Å². The fraction of sp³-hybridized carbons (Fsp3) is 0.176. The van der Waals surface area contributed by atoms with Crippen molar-refractivity contribution in [1.29, 1.82) is 5.26 Å². The Hall–Kier alpha value is -5.82. The van der Waals surface area contributed by atoms with Crippen molar-refractivity contribution in [3.63, 3.8) is 0 Å². The standard InChI is InChI=1S/C34H29N5O5/c1-21(2)27-17-28(22(3)16-31(27)43-4)33-37-29-14-8-7-13-26(29)34(40)38(33)36-19-24-12-9-15-30(39(41)42)32(24)44-20-25-11-6-5-10-23(25)18-35/h5-17,19,21H,20H2,1-4H3. The topological polar surface area (TPSA) is 133 Å². The quantitative estimate of drug-likeness (QED) is 0.106. The zero-order valence-corrected chi connectivity index (χ0v) is 24.6. The average Bonchev–Trinajstić information content (AvgIpc) is 3.03. The molecule has 5 aromatic rings. The number of hydrogen-bond acceptors (Lipinski definition) is 8. The summed E-state index contributed by atoms with van der Waals surface area (Å²) in [5.41, 5.74) is 3.53. The van der Waals surface area contributed by atoms with Gasteiger partial charge in [0.1, 0.15) is 12.4 Å². The SMILES string of the molecule is COc1cc(C)c(-c2nc3ccccc3c(=O)n2N=Cc2cccc([N+](=O)[O-])c2OCc2ccccc2C#N)cc1C(C)C. The fourth-order valence-corrected chi connectivity index (χ4v) is 4.94. The molecular weight excluding hydrogens is 558 g/mol. The summed E-state index contributed by atoms with van der Waals surface area (Å²) in [4.78, 5) is 30.1. The van der Waals surface area contributed by atoms with E-state index in [2.05, 4.69) is 25.0 Å². The molecule has 0 fully saturated rings. The number of rotatable bonds is 9. The lowest BCUT2D eigenvalue weighted by Gasteiger charge is -2.17. The Balaban J connectivity index is 1.68. The number of aryl methyl sites for hydroxylation is 1. The minimum atomic E-state index is -0.549. The minimum absolute atomic E-state index is 0.0416. The van der Waals surface area contributed by atoms with Gasteiger partial charge >= 0.3 is 5.69 Å². The molecule has 5 rings (SSSR count). The Kier molecular flexibility index (Phi) is 8.49. The van der Waals surface area contributed by atoms with Gasteiger partial charge in [0.05, 0.1) is 40.8 Å². The molecule has 0 aliphatic carbocycles. The monoisotopic (exact) mass is 587 g/mol. The van der Waals surface area contributed by atoms with E-state index in [9.17, 15) is 20.2 Å². The molecule has 4 aromatic carbocycles. The molecule has 10 nitrogen and oxygen atoms in total. The van der Waals surface area contributed by atoms with E-state index in [0.717, 1.165) is 16.9 Å². The number of nitriles is 1. The van der Waals surface area contributed by atoms with Crippen LogP contribution in [0.15, 0.2) is 88.8 Å². The number of para-hydroxylation sites is 2. The van der Waals surface area contributed by atoms with Gasteiger partial charge in [-0.05, 0) is 60.4 Å². The van der Waals surface area contributed by atoms with Gasteiger partial charge in [-0.3, -0.25) is 14.9 Å². The lowest BCUT2D eigenvalue weighted by molar-refractivity contribution is -0.385. The van der Waals surface area contributed by atoms with Crippen LogP contribution in [0.3, 0.4) is 0 Å². The van der Waals surface area contributed by atoms with E-state index in [1.165, 1.54) is 23.0 Å². The Morgan fingerprint density at radius 1 is 1.09 bits per heavy atom. The predicted molar refractivity (Wildman–Crippen MR) is 168 cm³/mol. The molecule has 0 spiro atoms. The smallest absolute Gasteiger partial charge is 0.311 e. The number of nitrogens with zero attached hydrogens (tertiary/aromatic N) is 5. The number of nitro groups is 1. The first kappa shape index (κ1) is 29.7. The summed E-state index contributed by atoms with van der Waals surface area (Å²) in [6, 6.07) is 24.3. The van der Waals surface area contributed by atoms with Crippen LogP contribution in [-0.2, 0) is 6.61 Å². The molecule has 0 aliphatic heterocycles. The highest BCUT2D eigenvalue weighted by Gasteiger charge is 2.21. The van der Waals surface area contributed by atoms with E-state index in [1.54, 1.807) is 55.6 Å². The van der Waals surface area contributed by atoms with Gasteiger partial charge in [0.15, 0.2) is 5.82 Å². The summed E-state index contributed by atoms with van der Waals surface area (Å²) in [7, 11) is 1.62. The molecule has 220 valence electrons. The normalized spacial score (nSPS) is 11.2. The summed E-state index contributed by atoms with van der Waals surface area (Å²) in [5.74, 6) is 1.13. The maximum atomic E-state index is 13.9. The minimum Gasteiger partial charge on any atom is -0.496 e. The number of ether oxygens (including phenoxy) is 2. The van der Waals surface area contributed by atoms with Gasteiger partial charge < -0.3 is 9.47 Å². The number of methoxy groups -OCH3 is 1. The fourth-order valence-electron chi connectivity index (χ4n) is 4.94. The summed E-state index contributed by atoms with van der Waals surface area (Å²) in [6.45, 7) is 5.92. The third-order valence-electron chi connectivity index (χ3n) is 7.24. The van der Waals surface area contributed by atoms with Crippen LogP contribution in [0.2, 0.25) is 0 Å². The Morgan fingerprint density at radius 2 is 1.84 bits per heavy atom. The Labute approximate surface area is 253 Å². The molecule has 0 bridgehead atoms. The number of hydrogen-bond donors (Lipinski definition) is 0. The van der Waals surface area contributed by atoms with Crippen molar-refractivity contribution in [2.24, 2.45) is 5.10 Å².